The summed E-state index contributed by atoms with van der Waals surface area (Å²) in [4.78, 5) is 28.6. The molecule has 0 saturated heterocycles. The van der Waals surface area contributed by atoms with Gasteiger partial charge in [-0.2, -0.15) is 5.10 Å². The zero-order chi connectivity index (χ0) is 24.5. The third-order valence-corrected chi connectivity index (χ3v) is 4.60. The standard InChI is InChI=1S/C20H21N7O4/c1-27-10-21-18(26-27)12-5-4-6-13(17(12)30-2)22-14-9-15(23-19(28)11-7-8-11)24-25-16(14)20(29)31-3/h4-6,9-11H,7-8H2,1-3H3,(H2,22,23,24,28)/i2D3. The maximum absolute atomic E-state index is 12.3. The van der Waals surface area contributed by atoms with Crippen LogP contribution in [0, 0.1) is 5.92 Å². The number of nitrogens with one attached hydrogen (secondary N) is 2. The molecule has 0 spiro atoms. The lowest BCUT2D eigenvalue weighted by Gasteiger charge is -2.15. The highest BCUT2D eigenvalue weighted by Crippen LogP contribution is 2.37. The van der Waals surface area contributed by atoms with E-state index in [0.29, 0.717) is 5.56 Å². The number of aryl methyl sites for hydroxylation is 1. The predicted octanol–water partition coefficient (Wildman–Crippen LogP) is 2.16. The van der Waals surface area contributed by atoms with Crippen LogP contribution in [0.3, 0.4) is 0 Å². The average Bonchev–Trinajstić information content (AvgIpc) is 3.55. The third-order valence-electron chi connectivity index (χ3n) is 4.60. The maximum atomic E-state index is 12.3. The normalized spacial score (nSPS) is 14.7. The number of carbonyl (C=O) groups excluding carboxylic acids is 2. The molecule has 2 heterocycles. The van der Waals surface area contributed by atoms with Gasteiger partial charge in [-0.3, -0.25) is 9.48 Å². The average molecular weight is 426 g/mol. The molecule has 0 atom stereocenters. The van der Waals surface area contributed by atoms with E-state index in [9.17, 15) is 9.59 Å². The lowest BCUT2D eigenvalue weighted by molar-refractivity contribution is -0.117. The van der Waals surface area contributed by atoms with Gasteiger partial charge in [0.2, 0.25) is 5.91 Å². The van der Waals surface area contributed by atoms with Gasteiger partial charge in [0.05, 0.1) is 35.2 Å². The van der Waals surface area contributed by atoms with Crippen molar-refractivity contribution in [1.29, 1.82) is 0 Å². The first-order chi connectivity index (χ1) is 16.1. The van der Waals surface area contributed by atoms with Crippen LogP contribution in [0.2, 0.25) is 0 Å². The van der Waals surface area contributed by atoms with Crippen LogP contribution in [0.4, 0.5) is 17.2 Å². The van der Waals surface area contributed by atoms with Crippen LogP contribution in [-0.2, 0) is 16.6 Å². The molecule has 0 unspecified atom stereocenters. The van der Waals surface area contributed by atoms with Crippen molar-refractivity contribution in [3.05, 3.63) is 36.3 Å². The van der Waals surface area contributed by atoms with Gasteiger partial charge in [0, 0.05) is 19.0 Å². The summed E-state index contributed by atoms with van der Waals surface area (Å²) in [6, 6.07) is 6.21. The van der Waals surface area contributed by atoms with E-state index >= 15 is 0 Å². The second-order valence-corrected chi connectivity index (χ2v) is 6.90. The highest BCUT2D eigenvalue weighted by atomic mass is 16.5. The lowest BCUT2D eigenvalue weighted by atomic mass is 10.1. The molecule has 1 saturated carbocycles. The number of hydrogen-bond acceptors (Lipinski definition) is 9. The number of amides is 1. The smallest absolute Gasteiger partial charge is 0.360 e. The summed E-state index contributed by atoms with van der Waals surface area (Å²) >= 11 is 0. The molecule has 1 aliphatic rings. The molecule has 0 bridgehead atoms. The Morgan fingerprint density at radius 2 is 2.10 bits per heavy atom. The molecular weight excluding hydrogens is 402 g/mol. The minimum Gasteiger partial charge on any atom is -0.494 e. The molecule has 4 rings (SSSR count). The second-order valence-electron chi connectivity index (χ2n) is 6.90. The number of nitrogens with zero attached hydrogens (tertiary/aromatic N) is 5. The van der Waals surface area contributed by atoms with Crippen molar-refractivity contribution in [2.75, 3.05) is 24.8 Å². The first-order valence-electron chi connectivity index (χ1n) is 10.9. The van der Waals surface area contributed by atoms with Gasteiger partial charge in [0.1, 0.15) is 6.33 Å². The van der Waals surface area contributed by atoms with E-state index in [0.717, 1.165) is 12.8 Å². The van der Waals surface area contributed by atoms with E-state index in [1.165, 1.54) is 24.2 Å². The Hall–Kier alpha value is -4.02. The van der Waals surface area contributed by atoms with Crippen molar-refractivity contribution in [2.24, 2.45) is 13.0 Å². The molecule has 2 N–H and O–H groups in total. The molecule has 1 amide bonds. The van der Waals surface area contributed by atoms with Gasteiger partial charge in [0.25, 0.3) is 0 Å². The Morgan fingerprint density at radius 1 is 1.26 bits per heavy atom. The summed E-state index contributed by atoms with van der Waals surface area (Å²) in [5.41, 5.74) is 0.451. The number of para-hydroxylation sites is 1. The van der Waals surface area contributed by atoms with E-state index in [1.807, 2.05) is 0 Å². The number of hydrogen-bond donors (Lipinski definition) is 2. The second kappa shape index (κ2) is 8.38. The largest absolute Gasteiger partial charge is 0.494 e. The number of ether oxygens (including phenoxy) is 2. The Kier molecular flexibility index (Phi) is 4.53. The van der Waals surface area contributed by atoms with Crippen LogP contribution < -0.4 is 15.4 Å². The van der Waals surface area contributed by atoms with Crippen LogP contribution >= 0.6 is 0 Å². The molecule has 11 heteroatoms. The van der Waals surface area contributed by atoms with Crippen LogP contribution in [-0.4, -0.2) is 51.0 Å². The fourth-order valence-electron chi connectivity index (χ4n) is 2.90. The Balaban J connectivity index is 1.77. The number of carbonyl (C=O) groups is 2. The van der Waals surface area contributed by atoms with E-state index in [-0.39, 0.29) is 46.3 Å². The van der Waals surface area contributed by atoms with E-state index < -0.39 is 13.0 Å². The summed E-state index contributed by atoms with van der Waals surface area (Å²) in [6.45, 7) is 0. The van der Waals surface area contributed by atoms with Crippen molar-refractivity contribution in [2.45, 2.75) is 12.8 Å². The van der Waals surface area contributed by atoms with Crippen molar-refractivity contribution in [3.63, 3.8) is 0 Å². The highest BCUT2D eigenvalue weighted by molar-refractivity contribution is 5.97. The molecule has 0 aliphatic heterocycles. The van der Waals surface area contributed by atoms with E-state index in [4.69, 9.17) is 13.6 Å². The minimum atomic E-state index is -2.79. The molecule has 0 radical (unpaired) electrons. The van der Waals surface area contributed by atoms with Crippen LogP contribution in [0.5, 0.6) is 5.75 Å². The minimum absolute atomic E-state index is 0.0649. The topological polar surface area (TPSA) is 133 Å². The monoisotopic (exact) mass is 426 g/mol. The van der Waals surface area contributed by atoms with Crippen molar-refractivity contribution in [1.82, 2.24) is 25.0 Å². The predicted molar refractivity (Wildman–Crippen MR) is 111 cm³/mol. The quantitative estimate of drug-likeness (QED) is 0.545. The third kappa shape index (κ3) is 4.29. The van der Waals surface area contributed by atoms with E-state index in [2.05, 4.69) is 30.9 Å². The molecule has 160 valence electrons. The number of aromatic nitrogens is 5. The maximum Gasteiger partial charge on any atom is 0.360 e. The zero-order valence-electron chi connectivity index (χ0n) is 19.7. The van der Waals surface area contributed by atoms with Gasteiger partial charge in [-0.25, -0.2) is 9.78 Å². The first-order valence-corrected chi connectivity index (χ1v) is 9.36. The molecule has 2 aromatic heterocycles. The van der Waals surface area contributed by atoms with Gasteiger partial charge in [-0.1, -0.05) is 6.07 Å². The van der Waals surface area contributed by atoms with Crippen LogP contribution in [0.15, 0.2) is 30.6 Å². The molecule has 1 aromatic carbocycles. The number of methoxy groups -OCH3 is 2. The number of rotatable bonds is 7. The van der Waals surface area contributed by atoms with Crippen molar-refractivity contribution in [3.8, 4) is 17.1 Å². The number of esters is 1. The van der Waals surface area contributed by atoms with Gasteiger partial charge >= 0.3 is 5.97 Å². The van der Waals surface area contributed by atoms with Crippen LogP contribution in [0.1, 0.15) is 27.4 Å². The van der Waals surface area contributed by atoms with Gasteiger partial charge in [0.15, 0.2) is 23.1 Å². The van der Waals surface area contributed by atoms with Crippen LogP contribution in [0.25, 0.3) is 11.4 Å². The zero-order valence-corrected chi connectivity index (χ0v) is 16.7. The Morgan fingerprint density at radius 3 is 2.77 bits per heavy atom. The fourth-order valence-corrected chi connectivity index (χ4v) is 2.90. The van der Waals surface area contributed by atoms with Crippen molar-refractivity contribution < 1.29 is 23.2 Å². The Bertz CT molecular complexity index is 1240. The molecule has 1 fully saturated rings. The summed E-state index contributed by atoms with van der Waals surface area (Å²) in [6.07, 6.45) is 3.06. The van der Waals surface area contributed by atoms with Gasteiger partial charge < -0.3 is 20.1 Å². The summed E-state index contributed by atoms with van der Waals surface area (Å²) < 4.78 is 34.3. The number of benzene rings is 1. The first kappa shape index (κ1) is 16.7. The molecule has 31 heavy (non-hydrogen) atoms. The molecular formula is C20H21N7O4. The number of anilines is 3. The SMILES string of the molecule is [2H]C([2H])([2H])Oc1c(Nc2cc(NC(=O)C3CC3)nnc2C(=O)OC)cccc1-c1ncn(C)n1. The molecule has 11 nitrogen and oxygen atoms in total. The Labute approximate surface area is 182 Å². The van der Waals surface area contributed by atoms with Crippen molar-refractivity contribution >= 4 is 29.1 Å². The van der Waals surface area contributed by atoms with E-state index in [1.54, 1.807) is 25.2 Å². The summed E-state index contributed by atoms with van der Waals surface area (Å²) in [7, 11) is 0.0745. The van der Waals surface area contributed by atoms with Gasteiger partial charge in [-0.05, 0) is 25.0 Å². The molecule has 3 aromatic rings. The van der Waals surface area contributed by atoms with Gasteiger partial charge in [-0.15, -0.1) is 10.2 Å². The fraction of sp³-hybridized carbons (Fsp3) is 0.300. The summed E-state index contributed by atoms with van der Waals surface area (Å²) in [5.74, 6) is -0.751. The summed E-state index contributed by atoms with van der Waals surface area (Å²) in [5, 5.41) is 17.6. The molecule has 1 aliphatic carbocycles. The highest BCUT2D eigenvalue weighted by Gasteiger charge is 2.30. The lowest BCUT2D eigenvalue weighted by Crippen LogP contribution is -2.17.